The van der Waals surface area contributed by atoms with E-state index >= 15 is 0 Å². The molecule has 0 atom stereocenters. The number of rotatable bonds is 5. The van der Waals surface area contributed by atoms with Gasteiger partial charge in [0.25, 0.3) is 0 Å². The molecule has 14 aromatic rings. The number of hydrogen-bond donors (Lipinski definition) is 1. The van der Waals surface area contributed by atoms with E-state index in [-0.39, 0.29) is 0 Å². The third-order valence-corrected chi connectivity index (χ3v) is 13.4. The number of halogens is 1. The summed E-state index contributed by atoms with van der Waals surface area (Å²) in [7, 11) is 0. The van der Waals surface area contributed by atoms with E-state index in [2.05, 4.69) is 253 Å². The van der Waals surface area contributed by atoms with E-state index in [1.54, 1.807) is 0 Å². The second kappa shape index (κ2) is 18.3. The van der Waals surface area contributed by atoms with Crippen molar-refractivity contribution in [2.75, 3.05) is 0 Å². The van der Waals surface area contributed by atoms with Crippen LogP contribution in [0.3, 0.4) is 0 Å². The van der Waals surface area contributed by atoms with Crippen molar-refractivity contribution >= 4 is 88.3 Å². The second-order valence-corrected chi connectivity index (χ2v) is 18.1. The smallest absolute Gasteiger partial charge is 0.0964 e. The van der Waals surface area contributed by atoms with Crippen molar-refractivity contribution in [3.63, 3.8) is 0 Å². The monoisotopic (exact) mass is 998 g/mol. The fourth-order valence-electron chi connectivity index (χ4n) is 9.57. The van der Waals surface area contributed by atoms with Gasteiger partial charge in [-0.25, -0.2) is 0 Å². The Labute approximate surface area is 412 Å². The Kier molecular flexibility index (Phi) is 11.1. The number of fused-ring (bicyclic) bond motifs is 10. The Hall–Kier alpha value is -8.53. The van der Waals surface area contributed by atoms with Crippen molar-refractivity contribution in [1.29, 1.82) is 0 Å². The predicted octanol–water partition coefficient (Wildman–Crippen LogP) is 16.4. The first-order chi connectivity index (χ1) is 34.2. The minimum atomic E-state index is 1.02. The lowest BCUT2D eigenvalue weighted by Crippen LogP contribution is -1.98. The molecule has 0 fully saturated rings. The van der Waals surface area contributed by atoms with Gasteiger partial charge in [0.05, 0.1) is 44.1 Å². The van der Waals surface area contributed by atoms with Crippen LogP contribution in [0.2, 0.25) is 0 Å². The van der Waals surface area contributed by atoms with Crippen LogP contribution < -0.4 is 0 Å². The van der Waals surface area contributed by atoms with E-state index in [0.717, 1.165) is 55.4 Å². The standard InChI is InChI=1S/C31H21N3.C25H17N3.C6H5I/c1-3-9-22(10-4-1)24-11-7-14-26(21-24)33-20-18-23-16-17-27-29-28(15-8-19-32-29)34(31(27)30(23)33)25-12-5-2-6-13-25;1-2-6-17(7-3-1)19-8-4-9-20(16-19)28-15-13-18-11-12-21-23-22(10-5-14-26-23)27-24(21)25(18)28;7-6-4-2-1-3-5-6/h1-21H;1-16,27H;1-5H. The molecule has 328 valence electrons. The van der Waals surface area contributed by atoms with Crippen LogP contribution in [0, 0.1) is 3.57 Å². The van der Waals surface area contributed by atoms with Gasteiger partial charge in [-0.3, -0.25) is 9.97 Å². The van der Waals surface area contributed by atoms with Crippen LogP contribution in [-0.4, -0.2) is 28.7 Å². The molecule has 0 amide bonds. The van der Waals surface area contributed by atoms with Gasteiger partial charge < -0.3 is 18.7 Å². The molecule has 7 heteroatoms. The molecule has 0 radical (unpaired) electrons. The Bertz CT molecular complexity index is 4080. The highest BCUT2D eigenvalue weighted by Gasteiger charge is 2.19. The third kappa shape index (κ3) is 7.92. The fourth-order valence-corrected chi connectivity index (χ4v) is 9.98. The number of hydrogen-bond acceptors (Lipinski definition) is 2. The van der Waals surface area contributed by atoms with Gasteiger partial charge in [0.1, 0.15) is 0 Å². The molecule has 0 spiro atoms. The Balaban J connectivity index is 0.000000127. The molecular weight excluding hydrogens is 956 g/mol. The number of aromatic amines is 1. The summed E-state index contributed by atoms with van der Waals surface area (Å²) < 4.78 is 8.21. The second-order valence-electron chi connectivity index (χ2n) is 16.9. The normalized spacial score (nSPS) is 11.3. The van der Waals surface area contributed by atoms with Crippen molar-refractivity contribution in [2.45, 2.75) is 0 Å². The van der Waals surface area contributed by atoms with Gasteiger partial charge in [-0.2, -0.15) is 0 Å². The zero-order valence-electron chi connectivity index (χ0n) is 37.4. The van der Waals surface area contributed by atoms with Crippen LogP contribution in [0.15, 0.2) is 255 Å². The predicted molar refractivity (Wildman–Crippen MR) is 296 cm³/mol. The lowest BCUT2D eigenvalue weighted by atomic mass is 10.1. The van der Waals surface area contributed by atoms with Gasteiger partial charge in [0.2, 0.25) is 0 Å². The molecule has 0 saturated carbocycles. The molecule has 0 aliphatic carbocycles. The number of H-pyrrole nitrogens is 1. The first-order valence-corrected chi connectivity index (χ1v) is 24.1. The Morgan fingerprint density at radius 3 is 1.49 bits per heavy atom. The van der Waals surface area contributed by atoms with Gasteiger partial charge in [-0.05, 0) is 142 Å². The molecule has 0 bridgehead atoms. The minimum absolute atomic E-state index is 1.02. The topological polar surface area (TPSA) is 56.4 Å². The molecule has 0 unspecified atom stereocenters. The average Bonchev–Trinajstić information content (AvgIpc) is 4.22. The van der Waals surface area contributed by atoms with Gasteiger partial charge in [-0.15, -0.1) is 0 Å². The summed E-state index contributed by atoms with van der Waals surface area (Å²) in [5, 5.41) is 4.73. The highest BCUT2D eigenvalue weighted by molar-refractivity contribution is 14.1. The highest BCUT2D eigenvalue weighted by atomic mass is 127. The lowest BCUT2D eigenvalue weighted by Gasteiger charge is -2.12. The molecule has 1 N–H and O–H groups in total. The van der Waals surface area contributed by atoms with Crippen molar-refractivity contribution < 1.29 is 0 Å². The Morgan fingerprint density at radius 2 is 0.884 bits per heavy atom. The average molecular weight is 999 g/mol. The van der Waals surface area contributed by atoms with Crippen molar-refractivity contribution in [3.05, 3.63) is 259 Å². The van der Waals surface area contributed by atoms with Crippen molar-refractivity contribution in [3.8, 4) is 39.3 Å². The van der Waals surface area contributed by atoms with Crippen molar-refractivity contribution in [2.24, 2.45) is 0 Å². The van der Waals surface area contributed by atoms with Gasteiger partial charge >= 0.3 is 0 Å². The maximum absolute atomic E-state index is 4.77. The Morgan fingerprint density at radius 1 is 0.377 bits per heavy atom. The molecule has 6 nitrogen and oxygen atoms in total. The fraction of sp³-hybridized carbons (Fsp3) is 0. The lowest BCUT2D eigenvalue weighted by molar-refractivity contribution is 1.12. The number of aromatic nitrogens is 6. The summed E-state index contributed by atoms with van der Waals surface area (Å²) in [6.45, 7) is 0. The summed E-state index contributed by atoms with van der Waals surface area (Å²) in [6, 6.07) is 80.6. The van der Waals surface area contributed by atoms with Crippen molar-refractivity contribution in [1.82, 2.24) is 28.7 Å². The first-order valence-electron chi connectivity index (χ1n) is 23.0. The van der Waals surface area contributed by atoms with Gasteiger partial charge in [0.15, 0.2) is 0 Å². The van der Waals surface area contributed by atoms with Crippen LogP contribution in [0.1, 0.15) is 0 Å². The molecular formula is C62H43IN6. The molecule has 14 rings (SSSR count). The van der Waals surface area contributed by atoms with Crippen LogP contribution in [-0.2, 0) is 0 Å². The largest absolute Gasteiger partial charge is 0.351 e. The third-order valence-electron chi connectivity index (χ3n) is 12.7. The van der Waals surface area contributed by atoms with E-state index in [1.165, 1.54) is 53.1 Å². The molecule has 8 aromatic carbocycles. The van der Waals surface area contributed by atoms with E-state index in [4.69, 9.17) is 4.98 Å². The maximum atomic E-state index is 4.77. The molecule has 0 aliphatic rings. The number of pyridine rings is 2. The highest BCUT2D eigenvalue weighted by Crippen LogP contribution is 2.38. The summed E-state index contributed by atoms with van der Waals surface area (Å²) in [5.41, 5.74) is 17.2. The summed E-state index contributed by atoms with van der Waals surface area (Å²) in [6.07, 6.45) is 8.05. The quantitative estimate of drug-likeness (QED) is 0.175. The SMILES string of the molecule is Ic1ccccc1.c1ccc(-c2cccc(-n3ccc4ccc5c6ncccc6[nH]c5c43)c2)cc1.c1ccc(-c2cccc(-n3ccc4ccc5c6ncccc6n(-c6ccccc6)c5c43)c2)cc1. The van der Waals surface area contributed by atoms with Crippen LogP contribution in [0.4, 0.5) is 0 Å². The van der Waals surface area contributed by atoms with E-state index < -0.39 is 0 Å². The molecule has 69 heavy (non-hydrogen) atoms. The number of nitrogens with one attached hydrogen (secondary N) is 1. The molecule has 0 aliphatic heterocycles. The van der Waals surface area contributed by atoms with Crippen LogP contribution >= 0.6 is 22.6 Å². The molecule has 6 aromatic heterocycles. The number of nitrogens with zero attached hydrogens (tertiary/aromatic N) is 5. The van der Waals surface area contributed by atoms with E-state index in [0.29, 0.717) is 0 Å². The first kappa shape index (κ1) is 41.9. The van der Waals surface area contributed by atoms with E-state index in [9.17, 15) is 0 Å². The maximum Gasteiger partial charge on any atom is 0.0964 e. The van der Waals surface area contributed by atoms with Crippen LogP contribution in [0.5, 0.6) is 0 Å². The number of para-hydroxylation sites is 1. The summed E-state index contributed by atoms with van der Waals surface area (Å²) in [5.74, 6) is 0. The summed E-state index contributed by atoms with van der Waals surface area (Å²) >= 11 is 2.28. The zero-order chi connectivity index (χ0) is 46.1. The minimum Gasteiger partial charge on any atom is -0.351 e. The van der Waals surface area contributed by atoms with Gasteiger partial charge in [0, 0.05) is 67.0 Å². The molecule has 6 heterocycles. The van der Waals surface area contributed by atoms with Crippen LogP contribution in [0.25, 0.3) is 105 Å². The number of benzene rings is 8. The van der Waals surface area contributed by atoms with E-state index in [1.807, 2.05) is 48.8 Å². The molecule has 0 saturated heterocycles. The zero-order valence-corrected chi connectivity index (χ0v) is 39.5. The van der Waals surface area contributed by atoms with Gasteiger partial charge in [-0.1, -0.05) is 133 Å². The summed E-state index contributed by atoms with van der Waals surface area (Å²) in [4.78, 5) is 12.9.